The van der Waals surface area contributed by atoms with E-state index in [9.17, 15) is 4.79 Å². The van der Waals surface area contributed by atoms with Crippen molar-refractivity contribution in [1.82, 2.24) is 10.6 Å². The van der Waals surface area contributed by atoms with E-state index in [2.05, 4.69) is 10.6 Å². The smallest absolute Gasteiger partial charge is 0.305 e. The van der Waals surface area contributed by atoms with E-state index >= 15 is 0 Å². The first-order chi connectivity index (χ1) is 8.20. The van der Waals surface area contributed by atoms with Crippen molar-refractivity contribution in [3.8, 4) is 0 Å². The molecular weight excluding hydrogens is 240 g/mol. The molecule has 0 saturated carbocycles. The molecule has 0 aliphatic carbocycles. The number of nitrogens with one attached hydrogen (secondary N) is 2. The molecule has 0 rings (SSSR count). The third-order valence-electron chi connectivity index (χ3n) is 1.96. The molecule has 0 saturated heterocycles. The fourth-order valence-corrected chi connectivity index (χ4v) is 1.35. The quantitative estimate of drug-likeness (QED) is 0.365. The molecule has 0 aromatic carbocycles. The number of rotatable bonds is 9. The molecule has 0 unspecified atom stereocenters. The maximum absolute atomic E-state index is 11.0. The van der Waals surface area contributed by atoms with Gasteiger partial charge < -0.3 is 20.1 Å². The summed E-state index contributed by atoms with van der Waals surface area (Å²) in [6, 6.07) is 0. The van der Waals surface area contributed by atoms with Gasteiger partial charge in [-0.1, -0.05) is 0 Å². The summed E-state index contributed by atoms with van der Waals surface area (Å²) in [7, 11) is 1.67. The summed E-state index contributed by atoms with van der Waals surface area (Å²) in [5.74, 6) is -0.159. The molecule has 0 aromatic heterocycles. The third kappa shape index (κ3) is 11.4. The Bertz CT molecular complexity index is 225. The van der Waals surface area contributed by atoms with Crippen LogP contribution in [0.1, 0.15) is 26.2 Å². The summed E-state index contributed by atoms with van der Waals surface area (Å²) >= 11 is 5.05. The van der Waals surface area contributed by atoms with Gasteiger partial charge in [-0.2, -0.15) is 0 Å². The van der Waals surface area contributed by atoms with Crippen LogP contribution in [-0.2, 0) is 14.3 Å². The van der Waals surface area contributed by atoms with Gasteiger partial charge in [0, 0.05) is 33.2 Å². The highest BCUT2D eigenvalue weighted by Gasteiger charge is 2.01. The molecule has 0 aliphatic rings. The molecular formula is C11H22N2O3S. The first-order valence-corrected chi connectivity index (χ1v) is 6.27. The van der Waals surface area contributed by atoms with Crippen LogP contribution >= 0.6 is 12.2 Å². The molecule has 0 fully saturated rings. The monoisotopic (exact) mass is 262 g/mol. The first-order valence-electron chi connectivity index (χ1n) is 5.87. The van der Waals surface area contributed by atoms with Gasteiger partial charge in [-0.25, -0.2) is 0 Å². The standard InChI is InChI=1S/C11H22N2O3S/c1-3-16-10(14)6-4-7-12-11(17)13-8-5-9-15-2/h3-9H2,1-2H3,(H2,12,13,17). The predicted octanol–water partition coefficient (Wildman–Crippen LogP) is 0.830. The average molecular weight is 262 g/mol. The van der Waals surface area contributed by atoms with Gasteiger partial charge in [-0.05, 0) is 32.0 Å². The number of hydrogen-bond acceptors (Lipinski definition) is 4. The van der Waals surface area contributed by atoms with Crippen LogP contribution in [0.25, 0.3) is 0 Å². The molecule has 0 aliphatic heterocycles. The van der Waals surface area contributed by atoms with Crippen molar-refractivity contribution in [3.05, 3.63) is 0 Å². The molecule has 5 nitrogen and oxygen atoms in total. The maximum Gasteiger partial charge on any atom is 0.305 e. The van der Waals surface area contributed by atoms with Gasteiger partial charge in [0.15, 0.2) is 5.11 Å². The molecule has 0 spiro atoms. The highest BCUT2D eigenvalue weighted by atomic mass is 32.1. The maximum atomic E-state index is 11.0. The summed E-state index contributed by atoms with van der Waals surface area (Å²) < 4.78 is 9.73. The molecule has 100 valence electrons. The number of carbonyl (C=O) groups is 1. The first kappa shape index (κ1) is 16.1. The number of esters is 1. The zero-order valence-electron chi connectivity index (χ0n) is 10.6. The molecule has 0 amide bonds. The predicted molar refractivity (Wildman–Crippen MR) is 71.0 cm³/mol. The van der Waals surface area contributed by atoms with Crippen LogP contribution in [0.4, 0.5) is 0 Å². The summed E-state index contributed by atoms with van der Waals surface area (Å²) in [5.41, 5.74) is 0. The Morgan fingerprint density at radius 3 is 2.47 bits per heavy atom. The molecule has 0 heterocycles. The highest BCUT2D eigenvalue weighted by molar-refractivity contribution is 7.80. The Morgan fingerprint density at radius 1 is 1.24 bits per heavy atom. The fraction of sp³-hybridized carbons (Fsp3) is 0.818. The number of carbonyl (C=O) groups excluding carboxylic acids is 1. The van der Waals surface area contributed by atoms with E-state index in [1.807, 2.05) is 0 Å². The second-order valence-electron chi connectivity index (χ2n) is 3.44. The Balaban J connectivity index is 3.30. The number of ether oxygens (including phenoxy) is 2. The van der Waals surface area contributed by atoms with Gasteiger partial charge in [-0.3, -0.25) is 4.79 Å². The molecule has 2 N–H and O–H groups in total. The lowest BCUT2D eigenvalue weighted by Gasteiger charge is -2.09. The molecule has 17 heavy (non-hydrogen) atoms. The second-order valence-corrected chi connectivity index (χ2v) is 3.85. The minimum Gasteiger partial charge on any atom is -0.466 e. The Hall–Kier alpha value is -0.880. The van der Waals surface area contributed by atoms with Crippen LogP contribution in [0.15, 0.2) is 0 Å². The lowest BCUT2D eigenvalue weighted by molar-refractivity contribution is -0.143. The normalized spacial score (nSPS) is 9.76. The van der Waals surface area contributed by atoms with Crippen molar-refractivity contribution in [2.75, 3.05) is 33.4 Å². The van der Waals surface area contributed by atoms with Crippen molar-refractivity contribution >= 4 is 23.3 Å². The van der Waals surface area contributed by atoms with Crippen LogP contribution in [-0.4, -0.2) is 44.5 Å². The van der Waals surface area contributed by atoms with Gasteiger partial charge in [0.25, 0.3) is 0 Å². The van der Waals surface area contributed by atoms with Crippen molar-refractivity contribution in [2.24, 2.45) is 0 Å². The van der Waals surface area contributed by atoms with Crippen molar-refractivity contribution in [1.29, 1.82) is 0 Å². The SMILES string of the molecule is CCOC(=O)CCCNC(=S)NCCCOC. The molecule has 0 atom stereocenters. The van der Waals surface area contributed by atoms with Crippen molar-refractivity contribution in [2.45, 2.75) is 26.2 Å². The van der Waals surface area contributed by atoms with Crippen LogP contribution in [0, 0.1) is 0 Å². The number of thiocarbonyl (C=S) groups is 1. The highest BCUT2D eigenvalue weighted by Crippen LogP contribution is 1.91. The van der Waals surface area contributed by atoms with Crippen LogP contribution in [0.2, 0.25) is 0 Å². The van der Waals surface area contributed by atoms with Crippen LogP contribution < -0.4 is 10.6 Å². The van der Waals surface area contributed by atoms with Gasteiger partial charge in [-0.15, -0.1) is 0 Å². The minimum absolute atomic E-state index is 0.159. The number of methoxy groups -OCH3 is 1. The lowest BCUT2D eigenvalue weighted by Crippen LogP contribution is -2.36. The Labute approximate surface area is 108 Å². The molecule has 6 heteroatoms. The lowest BCUT2D eigenvalue weighted by atomic mass is 10.3. The van der Waals surface area contributed by atoms with Crippen LogP contribution in [0.5, 0.6) is 0 Å². The summed E-state index contributed by atoms with van der Waals surface area (Å²) in [6.45, 7) is 4.42. The zero-order chi connectivity index (χ0) is 12.9. The van der Waals surface area contributed by atoms with E-state index in [4.69, 9.17) is 21.7 Å². The van der Waals surface area contributed by atoms with Crippen molar-refractivity contribution in [3.63, 3.8) is 0 Å². The summed E-state index contributed by atoms with van der Waals surface area (Å²) in [5, 5.41) is 6.70. The van der Waals surface area contributed by atoms with E-state index in [0.29, 0.717) is 24.7 Å². The molecule has 0 bridgehead atoms. The second kappa shape index (κ2) is 11.6. The third-order valence-corrected chi connectivity index (χ3v) is 2.25. The topological polar surface area (TPSA) is 59.6 Å². The largest absolute Gasteiger partial charge is 0.466 e. The van der Waals surface area contributed by atoms with Crippen molar-refractivity contribution < 1.29 is 14.3 Å². The van der Waals surface area contributed by atoms with Crippen LogP contribution in [0.3, 0.4) is 0 Å². The van der Waals surface area contributed by atoms with Gasteiger partial charge in [0.05, 0.1) is 6.61 Å². The molecule has 0 radical (unpaired) electrons. The van der Waals surface area contributed by atoms with Gasteiger partial charge in [0.1, 0.15) is 0 Å². The fourth-order valence-electron chi connectivity index (χ4n) is 1.15. The van der Waals surface area contributed by atoms with E-state index in [1.165, 1.54) is 0 Å². The molecule has 0 aromatic rings. The Kier molecular flexibility index (Phi) is 11.0. The van der Waals surface area contributed by atoms with Gasteiger partial charge in [0.2, 0.25) is 0 Å². The Morgan fingerprint density at radius 2 is 1.88 bits per heavy atom. The van der Waals surface area contributed by atoms with E-state index in [0.717, 1.165) is 26.0 Å². The number of hydrogen-bond donors (Lipinski definition) is 2. The minimum atomic E-state index is -0.159. The van der Waals surface area contributed by atoms with E-state index in [1.54, 1.807) is 14.0 Å². The summed E-state index contributed by atoms with van der Waals surface area (Å²) in [6.07, 6.45) is 2.06. The van der Waals surface area contributed by atoms with E-state index in [-0.39, 0.29) is 5.97 Å². The zero-order valence-corrected chi connectivity index (χ0v) is 11.4. The van der Waals surface area contributed by atoms with Gasteiger partial charge >= 0.3 is 5.97 Å². The average Bonchev–Trinajstić information content (AvgIpc) is 2.31. The van der Waals surface area contributed by atoms with E-state index < -0.39 is 0 Å². The summed E-state index contributed by atoms with van der Waals surface area (Å²) in [4.78, 5) is 11.0.